The van der Waals surface area contributed by atoms with Gasteiger partial charge in [0.05, 0.1) is 11.2 Å². The van der Waals surface area contributed by atoms with Crippen molar-refractivity contribution in [3.8, 4) is 11.3 Å². The highest BCUT2D eigenvalue weighted by atomic mass is 127. The summed E-state index contributed by atoms with van der Waals surface area (Å²) in [6.45, 7) is 0. The maximum absolute atomic E-state index is 6.00. The largest absolute Gasteiger partial charge is 0.247 e. The molecule has 88 valence electrons. The van der Waals surface area contributed by atoms with Crippen molar-refractivity contribution in [2.24, 2.45) is 0 Å². The molecule has 3 aromatic rings. The fourth-order valence-corrected chi connectivity index (χ4v) is 2.87. The van der Waals surface area contributed by atoms with E-state index in [0.29, 0.717) is 0 Å². The Balaban J connectivity index is 2.25. The van der Waals surface area contributed by atoms with Gasteiger partial charge in [0, 0.05) is 19.5 Å². The first-order chi connectivity index (χ1) is 8.74. The molecular formula is C15H9ClIN. The molecule has 0 aliphatic carbocycles. The van der Waals surface area contributed by atoms with E-state index in [-0.39, 0.29) is 0 Å². The summed E-state index contributed by atoms with van der Waals surface area (Å²) in [7, 11) is 0. The molecule has 0 saturated heterocycles. The van der Waals surface area contributed by atoms with Gasteiger partial charge in [-0.05, 0) is 46.9 Å². The lowest BCUT2D eigenvalue weighted by Gasteiger charge is -2.06. The van der Waals surface area contributed by atoms with Crippen molar-refractivity contribution in [1.29, 1.82) is 0 Å². The van der Waals surface area contributed by atoms with Crippen LogP contribution in [0.5, 0.6) is 0 Å². The van der Waals surface area contributed by atoms with Gasteiger partial charge < -0.3 is 0 Å². The Bertz CT molecular complexity index is 710. The zero-order valence-corrected chi connectivity index (χ0v) is 12.3. The minimum absolute atomic E-state index is 0.743. The second-order valence-electron chi connectivity index (χ2n) is 4.02. The normalized spacial score (nSPS) is 10.8. The van der Waals surface area contributed by atoms with Gasteiger partial charge in [0.15, 0.2) is 0 Å². The van der Waals surface area contributed by atoms with Crippen LogP contribution in [-0.2, 0) is 0 Å². The van der Waals surface area contributed by atoms with Crippen LogP contribution >= 0.6 is 34.2 Å². The second-order valence-corrected chi connectivity index (χ2v) is 5.62. The third-order valence-corrected chi connectivity index (χ3v) is 3.83. The molecule has 3 heteroatoms. The van der Waals surface area contributed by atoms with E-state index in [1.54, 1.807) is 0 Å². The highest BCUT2D eigenvalue weighted by Crippen LogP contribution is 2.27. The second kappa shape index (κ2) is 4.86. The van der Waals surface area contributed by atoms with Crippen molar-refractivity contribution in [2.75, 3.05) is 0 Å². The number of pyridine rings is 1. The van der Waals surface area contributed by atoms with E-state index >= 15 is 0 Å². The Morgan fingerprint density at radius 3 is 2.50 bits per heavy atom. The van der Waals surface area contributed by atoms with Gasteiger partial charge in [-0.25, -0.2) is 4.98 Å². The van der Waals surface area contributed by atoms with Gasteiger partial charge in [-0.15, -0.1) is 0 Å². The minimum Gasteiger partial charge on any atom is -0.247 e. The van der Waals surface area contributed by atoms with E-state index in [9.17, 15) is 0 Å². The molecule has 0 bridgehead atoms. The lowest BCUT2D eigenvalue weighted by Crippen LogP contribution is -1.89. The Hall–Kier alpha value is -1.13. The molecule has 0 spiro atoms. The first-order valence-corrected chi connectivity index (χ1v) is 7.01. The van der Waals surface area contributed by atoms with Gasteiger partial charge in [-0.2, -0.15) is 0 Å². The lowest BCUT2D eigenvalue weighted by molar-refractivity contribution is 1.38. The summed E-state index contributed by atoms with van der Waals surface area (Å²) in [6, 6.07) is 18.1. The summed E-state index contributed by atoms with van der Waals surface area (Å²) in [5.41, 5.74) is 3.13. The summed E-state index contributed by atoms with van der Waals surface area (Å²) in [5, 5.41) is 1.82. The van der Waals surface area contributed by atoms with Gasteiger partial charge >= 0.3 is 0 Å². The van der Waals surface area contributed by atoms with Gasteiger partial charge in [-0.1, -0.05) is 41.9 Å². The smallest absolute Gasteiger partial charge is 0.0843 e. The number of hydrogen-bond acceptors (Lipinski definition) is 1. The van der Waals surface area contributed by atoms with Crippen molar-refractivity contribution in [2.45, 2.75) is 0 Å². The van der Waals surface area contributed by atoms with Crippen LogP contribution in [0.2, 0.25) is 5.02 Å². The van der Waals surface area contributed by atoms with Gasteiger partial charge in [-0.3, -0.25) is 0 Å². The van der Waals surface area contributed by atoms with Gasteiger partial charge in [0.25, 0.3) is 0 Å². The highest BCUT2D eigenvalue weighted by molar-refractivity contribution is 14.1. The van der Waals surface area contributed by atoms with Crippen molar-refractivity contribution in [1.82, 2.24) is 4.98 Å². The van der Waals surface area contributed by atoms with Gasteiger partial charge in [0.1, 0.15) is 0 Å². The average Bonchev–Trinajstić information content (AvgIpc) is 2.39. The van der Waals surface area contributed by atoms with E-state index in [1.165, 1.54) is 0 Å². The van der Waals surface area contributed by atoms with Crippen LogP contribution in [0, 0.1) is 3.57 Å². The fourth-order valence-electron chi connectivity index (χ4n) is 1.92. The number of rotatable bonds is 1. The number of fused-ring (bicyclic) bond motifs is 1. The number of benzene rings is 2. The molecule has 0 amide bonds. The zero-order valence-electron chi connectivity index (χ0n) is 9.40. The van der Waals surface area contributed by atoms with E-state index in [0.717, 1.165) is 30.8 Å². The van der Waals surface area contributed by atoms with Gasteiger partial charge in [0.2, 0.25) is 0 Å². The predicted octanol–water partition coefficient (Wildman–Crippen LogP) is 5.16. The summed E-state index contributed by atoms with van der Waals surface area (Å²) < 4.78 is 1.13. The number of nitrogens with zero attached hydrogens (tertiary/aromatic N) is 1. The molecule has 1 nitrogen and oxygen atoms in total. The summed E-state index contributed by atoms with van der Waals surface area (Å²) in [4.78, 5) is 4.72. The molecule has 0 saturated carbocycles. The van der Waals surface area contributed by atoms with Crippen LogP contribution in [0.25, 0.3) is 22.2 Å². The SMILES string of the molecule is Clc1ccc2nc(-c3ccccc3)c(I)cc2c1. The quantitative estimate of drug-likeness (QED) is 0.543. The molecule has 18 heavy (non-hydrogen) atoms. The highest BCUT2D eigenvalue weighted by Gasteiger charge is 2.07. The number of aromatic nitrogens is 1. The third-order valence-electron chi connectivity index (χ3n) is 2.78. The molecule has 3 rings (SSSR count). The van der Waals surface area contributed by atoms with Crippen LogP contribution in [0.3, 0.4) is 0 Å². The first kappa shape index (κ1) is 11.9. The standard InChI is InChI=1S/C15H9ClIN/c16-12-6-7-14-11(8-12)9-13(17)15(18-14)10-4-2-1-3-5-10/h1-9H. The predicted molar refractivity (Wildman–Crippen MR) is 84.9 cm³/mol. The number of hydrogen-bond donors (Lipinski definition) is 0. The summed E-state index contributed by atoms with van der Waals surface area (Å²) >= 11 is 8.32. The molecule has 2 aromatic carbocycles. The Kier molecular flexibility index (Phi) is 3.22. The molecule has 0 aliphatic heterocycles. The lowest BCUT2D eigenvalue weighted by atomic mass is 10.1. The number of halogens is 2. The Morgan fingerprint density at radius 1 is 0.944 bits per heavy atom. The molecule has 1 aromatic heterocycles. The molecule has 0 N–H and O–H groups in total. The molecule has 0 unspecified atom stereocenters. The molecule has 0 aliphatic rings. The van der Waals surface area contributed by atoms with E-state index in [1.807, 2.05) is 36.4 Å². The van der Waals surface area contributed by atoms with E-state index in [2.05, 4.69) is 40.8 Å². The van der Waals surface area contributed by atoms with Crippen LogP contribution in [0.4, 0.5) is 0 Å². The van der Waals surface area contributed by atoms with Crippen LogP contribution in [-0.4, -0.2) is 4.98 Å². The van der Waals surface area contributed by atoms with Crippen molar-refractivity contribution < 1.29 is 0 Å². The zero-order chi connectivity index (χ0) is 12.5. The first-order valence-electron chi connectivity index (χ1n) is 5.55. The third kappa shape index (κ3) is 2.22. The summed E-state index contributed by atoms with van der Waals surface area (Å²) in [5.74, 6) is 0. The van der Waals surface area contributed by atoms with Crippen molar-refractivity contribution >= 4 is 45.1 Å². The Morgan fingerprint density at radius 2 is 1.72 bits per heavy atom. The fraction of sp³-hybridized carbons (Fsp3) is 0. The minimum atomic E-state index is 0.743. The molecular weight excluding hydrogens is 357 g/mol. The molecule has 1 heterocycles. The maximum atomic E-state index is 6.00. The topological polar surface area (TPSA) is 12.9 Å². The van der Waals surface area contributed by atoms with Crippen LogP contribution < -0.4 is 0 Å². The van der Waals surface area contributed by atoms with Crippen LogP contribution in [0.1, 0.15) is 0 Å². The van der Waals surface area contributed by atoms with Crippen molar-refractivity contribution in [3.05, 3.63) is 63.2 Å². The van der Waals surface area contributed by atoms with E-state index in [4.69, 9.17) is 16.6 Å². The molecule has 0 atom stereocenters. The van der Waals surface area contributed by atoms with Crippen molar-refractivity contribution in [3.63, 3.8) is 0 Å². The van der Waals surface area contributed by atoms with E-state index < -0.39 is 0 Å². The summed E-state index contributed by atoms with van der Waals surface area (Å²) in [6.07, 6.45) is 0. The molecule has 0 radical (unpaired) electrons. The molecule has 0 fully saturated rings. The monoisotopic (exact) mass is 365 g/mol. The maximum Gasteiger partial charge on any atom is 0.0843 e. The Labute approximate surface area is 124 Å². The van der Waals surface area contributed by atoms with Crippen LogP contribution in [0.15, 0.2) is 54.6 Å². The average molecular weight is 366 g/mol.